The van der Waals surface area contributed by atoms with Crippen LogP contribution < -0.4 is 5.32 Å². The average molecular weight is 151 g/mol. The summed E-state index contributed by atoms with van der Waals surface area (Å²) in [5.74, 6) is 0.994. The van der Waals surface area contributed by atoms with Crippen LogP contribution in [0.1, 0.15) is 13.3 Å². The van der Waals surface area contributed by atoms with E-state index in [0.717, 1.165) is 18.5 Å². The van der Waals surface area contributed by atoms with Crippen LogP contribution in [-0.2, 0) is 0 Å². The molecule has 2 aliphatic rings. The third-order valence-electron chi connectivity index (χ3n) is 2.52. The van der Waals surface area contributed by atoms with Crippen LogP contribution in [0.5, 0.6) is 0 Å². The van der Waals surface area contributed by atoms with Crippen molar-refractivity contribution in [1.29, 1.82) is 0 Å². The first-order valence-corrected chi connectivity index (χ1v) is 4.10. The summed E-state index contributed by atoms with van der Waals surface area (Å²) in [5.41, 5.74) is 1.00. The Morgan fingerprint density at radius 2 is 2.36 bits per heavy atom. The van der Waals surface area contributed by atoms with E-state index in [-0.39, 0.29) is 0 Å². The van der Waals surface area contributed by atoms with E-state index in [0.29, 0.717) is 17.7 Å². The molecular weight excluding hydrogens is 138 g/mol. The fourth-order valence-corrected chi connectivity index (χ4v) is 1.81. The maximum Gasteiger partial charge on any atom is 0.114 e. The SMILES string of the molecule is CC1=CC2NCCC2C=C1O. The van der Waals surface area contributed by atoms with Crippen molar-refractivity contribution in [3.8, 4) is 0 Å². The zero-order valence-electron chi connectivity index (χ0n) is 6.67. The first-order valence-electron chi connectivity index (χ1n) is 4.10. The van der Waals surface area contributed by atoms with E-state index in [1.807, 2.05) is 13.0 Å². The number of aliphatic hydroxyl groups excluding tert-OH is 1. The summed E-state index contributed by atoms with van der Waals surface area (Å²) >= 11 is 0. The van der Waals surface area contributed by atoms with Crippen LogP contribution in [0.4, 0.5) is 0 Å². The highest BCUT2D eigenvalue weighted by molar-refractivity contribution is 5.31. The summed E-state index contributed by atoms with van der Waals surface area (Å²) < 4.78 is 0. The second-order valence-corrected chi connectivity index (χ2v) is 3.33. The molecule has 1 saturated heterocycles. The number of hydrogen-bond acceptors (Lipinski definition) is 2. The normalized spacial score (nSPS) is 36.1. The Kier molecular flexibility index (Phi) is 1.50. The molecule has 2 atom stereocenters. The highest BCUT2D eigenvalue weighted by Gasteiger charge is 2.26. The molecule has 1 fully saturated rings. The molecule has 0 bridgehead atoms. The maximum atomic E-state index is 9.39. The molecule has 1 heterocycles. The molecule has 0 amide bonds. The van der Waals surface area contributed by atoms with Gasteiger partial charge < -0.3 is 10.4 Å². The molecule has 0 aromatic rings. The maximum absolute atomic E-state index is 9.39. The van der Waals surface area contributed by atoms with E-state index < -0.39 is 0 Å². The van der Waals surface area contributed by atoms with Crippen LogP contribution in [0.2, 0.25) is 0 Å². The first kappa shape index (κ1) is 6.92. The monoisotopic (exact) mass is 151 g/mol. The number of fused-ring (bicyclic) bond motifs is 1. The first-order chi connectivity index (χ1) is 5.27. The van der Waals surface area contributed by atoms with Gasteiger partial charge in [0.1, 0.15) is 5.76 Å². The Morgan fingerprint density at radius 1 is 1.55 bits per heavy atom. The minimum absolute atomic E-state index is 0.468. The Hall–Kier alpha value is -0.760. The molecule has 2 nitrogen and oxygen atoms in total. The van der Waals surface area contributed by atoms with Crippen molar-refractivity contribution in [2.24, 2.45) is 5.92 Å². The Bertz CT molecular complexity index is 206. The van der Waals surface area contributed by atoms with Gasteiger partial charge in [0, 0.05) is 12.0 Å². The molecule has 0 aromatic carbocycles. The van der Waals surface area contributed by atoms with Crippen LogP contribution in [0.15, 0.2) is 23.5 Å². The second kappa shape index (κ2) is 2.38. The van der Waals surface area contributed by atoms with Crippen molar-refractivity contribution in [3.05, 3.63) is 23.5 Å². The fraction of sp³-hybridized carbons (Fsp3) is 0.556. The van der Waals surface area contributed by atoms with Gasteiger partial charge in [0.05, 0.1) is 0 Å². The van der Waals surface area contributed by atoms with Crippen LogP contribution in [0.25, 0.3) is 0 Å². The lowest BCUT2D eigenvalue weighted by molar-refractivity contribution is 0.404. The number of hydrogen-bond donors (Lipinski definition) is 2. The van der Waals surface area contributed by atoms with Crippen LogP contribution >= 0.6 is 0 Å². The summed E-state index contributed by atoms with van der Waals surface area (Å²) in [4.78, 5) is 0. The van der Waals surface area contributed by atoms with Crippen molar-refractivity contribution in [1.82, 2.24) is 5.32 Å². The summed E-state index contributed by atoms with van der Waals surface area (Å²) in [6.07, 6.45) is 5.24. The molecule has 0 saturated carbocycles. The fourth-order valence-electron chi connectivity index (χ4n) is 1.81. The van der Waals surface area contributed by atoms with Gasteiger partial charge in [0.2, 0.25) is 0 Å². The van der Waals surface area contributed by atoms with Gasteiger partial charge in [0.15, 0.2) is 0 Å². The lowest BCUT2D eigenvalue weighted by Gasteiger charge is -2.18. The third kappa shape index (κ3) is 1.07. The smallest absolute Gasteiger partial charge is 0.114 e. The lowest BCUT2D eigenvalue weighted by atomic mass is 9.92. The highest BCUT2D eigenvalue weighted by atomic mass is 16.3. The summed E-state index contributed by atoms with van der Waals surface area (Å²) in [7, 11) is 0. The molecule has 60 valence electrons. The minimum Gasteiger partial charge on any atom is -0.508 e. The molecule has 2 unspecified atom stereocenters. The third-order valence-corrected chi connectivity index (χ3v) is 2.52. The molecule has 1 aliphatic carbocycles. The van der Waals surface area contributed by atoms with Crippen molar-refractivity contribution in [3.63, 3.8) is 0 Å². The second-order valence-electron chi connectivity index (χ2n) is 3.33. The van der Waals surface area contributed by atoms with E-state index in [9.17, 15) is 5.11 Å². The van der Waals surface area contributed by atoms with Gasteiger partial charge in [-0.25, -0.2) is 0 Å². The van der Waals surface area contributed by atoms with Crippen molar-refractivity contribution in [2.45, 2.75) is 19.4 Å². The molecule has 2 heteroatoms. The quantitative estimate of drug-likeness (QED) is 0.548. The van der Waals surface area contributed by atoms with Gasteiger partial charge in [-0.05, 0) is 31.5 Å². The predicted molar refractivity (Wildman–Crippen MR) is 44.4 cm³/mol. The molecular formula is C9H13NO. The Balaban J connectivity index is 2.26. The van der Waals surface area contributed by atoms with E-state index in [1.54, 1.807) is 0 Å². The standard InChI is InChI=1S/C9H13NO/c1-6-4-8-7(2-3-10-8)5-9(6)11/h4-5,7-8,10-11H,2-3H2,1H3. The van der Waals surface area contributed by atoms with Gasteiger partial charge in [-0.1, -0.05) is 6.08 Å². The van der Waals surface area contributed by atoms with Gasteiger partial charge in [-0.2, -0.15) is 0 Å². The van der Waals surface area contributed by atoms with E-state index >= 15 is 0 Å². The van der Waals surface area contributed by atoms with Gasteiger partial charge in [-0.3, -0.25) is 0 Å². The molecule has 1 aliphatic heterocycles. The number of rotatable bonds is 0. The van der Waals surface area contributed by atoms with Gasteiger partial charge >= 0.3 is 0 Å². The van der Waals surface area contributed by atoms with Crippen LogP contribution in [-0.4, -0.2) is 17.7 Å². The van der Waals surface area contributed by atoms with Crippen molar-refractivity contribution >= 4 is 0 Å². The summed E-state index contributed by atoms with van der Waals surface area (Å²) in [5, 5.41) is 12.8. The van der Waals surface area contributed by atoms with Crippen LogP contribution in [0.3, 0.4) is 0 Å². The molecule has 2 N–H and O–H groups in total. The van der Waals surface area contributed by atoms with E-state index in [4.69, 9.17) is 0 Å². The average Bonchev–Trinajstić information content (AvgIpc) is 2.36. The molecule has 0 spiro atoms. The zero-order valence-corrected chi connectivity index (χ0v) is 6.67. The summed E-state index contributed by atoms with van der Waals surface area (Å²) in [6.45, 7) is 3.02. The van der Waals surface area contributed by atoms with E-state index in [2.05, 4.69) is 11.4 Å². The molecule has 2 rings (SSSR count). The largest absolute Gasteiger partial charge is 0.508 e. The number of aliphatic hydroxyl groups is 1. The topological polar surface area (TPSA) is 32.3 Å². The highest BCUT2D eigenvalue weighted by Crippen LogP contribution is 2.26. The molecule has 0 aromatic heterocycles. The molecule has 0 radical (unpaired) electrons. The number of allylic oxidation sites excluding steroid dienone is 1. The number of nitrogens with one attached hydrogen (secondary N) is 1. The van der Waals surface area contributed by atoms with E-state index in [1.165, 1.54) is 0 Å². The van der Waals surface area contributed by atoms with Gasteiger partial charge in [0.25, 0.3) is 0 Å². The van der Waals surface area contributed by atoms with Crippen molar-refractivity contribution < 1.29 is 5.11 Å². The Labute approximate surface area is 66.6 Å². The van der Waals surface area contributed by atoms with Gasteiger partial charge in [-0.15, -0.1) is 0 Å². The predicted octanol–water partition coefficient (Wildman–Crippen LogP) is 1.37. The summed E-state index contributed by atoms with van der Waals surface area (Å²) in [6, 6.07) is 0.478. The van der Waals surface area contributed by atoms with Crippen LogP contribution in [0, 0.1) is 5.92 Å². The zero-order chi connectivity index (χ0) is 7.84. The minimum atomic E-state index is 0.468. The van der Waals surface area contributed by atoms with Crippen molar-refractivity contribution in [2.75, 3.05) is 6.54 Å². The lowest BCUT2D eigenvalue weighted by Crippen LogP contribution is -2.26. The Morgan fingerprint density at radius 3 is 3.18 bits per heavy atom. The molecule has 11 heavy (non-hydrogen) atoms.